The highest BCUT2D eigenvalue weighted by molar-refractivity contribution is 7.88. The summed E-state index contributed by atoms with van der Waals surface area (Å²) in [6.45, 7) is 0.356. The standard InChI is InChI=1S/C17H19FN2O3S/c1-24(22,23)20-16(14-7-9-15(18)10-8-14)11-17(21)19-12-13-5-3-2-4-6-13/h2-10,16,20H,11-12H2,1H3,(H,19,21)/t16-/m1/s1. The maximum absolute atomic E-state index is 13.0. The topological polar surface area (TPSA) is 75.3 Å². The molecule has 0 saturated carbocycles. The van der Waals surface area contributed by atoms with Crippen molar-refractivity contribution in [2.75, 3.05) is 6.26 Å². The maximum atomic E-state index is 13.0. The third kappa shape index (κ3) is 6.10. The van der Waals surface area contributed by atoms with Crippen molar-refractivity contribution in [2.45, 2.75) is 19.0 Å². The van der Waals surface area contributed by atoms with E-state index in [1.54, 1.807) is 0 Å². The summed E-state index contributed by atoms with van der Waals surface area (Å²) >= 11 is 0. The van der Waals surface area contributed by atoms with Gasteiger partial charge >= 0.3 is 0 Å². The van der Waals surface area contributed by atoms with Crippen molar-refractivity contribution in [1.29, 1.82) is 0 Å². The highest BCUT2D eigenvalue weighted by Gasteiger charge is 2.19. The van der Waals surface area contributed by atoms with E-state index in [0.717, 1.165) is 11.8 Å². The van der Waals surface area contributed by atoms with Gasteiger partial charge in [0, 0.05) is 13.0 Å². The van der Waals surface area contributed by atoms with Crippen molar-refractivity contribution in [1.82, 2.24) is 10.0 Å². The first kappa shape index (κ1) is 18.1. The summed E-state index contributed by atoms with van der Waals surface area (Å²) < 4.78 is 38.5. The zero-order chi connectivity index (χ0) is 17.6. The molecular weight excluding hydrogens is 331 g/mol. The third-order valence-corrected chi connectivity index (χ3v) is 4.06. The second-order valence-electron chi connectivity index (χ2n) is 5.46. The van der Waals surface area contributed by atoms with E-state index in [9.17, 15) is 17.6 Å². The number of carbonyl (C=O) groups excluding carboxylic acids is 1. The van der Waals surface area contributed by atoms with Crippen LogP contribution in [0.4, 0.5) is 4.39 Å². The number of halogens is 1. The van der Waals surface area contributed by atoms with E-state index < -0.39 is 21.9 Å². The quantitative estimate of drug-likeness (QED) is 0.803. The molecule has 5 nitrogen and oxygen atoms in total. The Morgan fingerprint density at radius 3 is 2.29 bits per heavy atom. The van der Waals surface area contributed by atoms with Gasteiger partial charge in [-0.05, 0) is 23.3 Å². The molecule has 2 rings (SSSR count). The van der Waals surface area contributed by atoms with Crippen LogP contribution >= 0.6 is 0 Å². The first-order valence-corrected chi connectivity index (χ1v) is 9.26. The Bertz CT molecular complexity index is 777. The highest BCUT2D eigenvalue weighted by atomic mass is 32.2. The third-order valence-electron chi connectivity index (χ3n) is 3.35. The van der Waals surface area contributed by atoms with Gasteiger partial charge in [0.1, 0.15) is 5.82 Å². The summed E-state index contributed by atoms with van der Waals surface area (Å²) in [4.78, 5) is 12.1. The summed E-state index contributed by atoms with van der Waals surface area (Å²) in [5.74, 6) is -0.727. The lowest BCUT2D eigenvalue weighted by molar-refractivity contribution is -0.121. The summed E-state index contributed by atoms with van der Waals surface area (Å²) in [6, 6.07) is 14.0. The number of carbonyl (C=O) groups is 1. The molecule has 0 saturated heterocycles. The zero-order valence-corrected chi connectivity index (χ0v) is 14.0. The van der Waals surface area contributed by atoms with Crippen LogP contribution in [0.1, 0.15) is 23.6 Å². The van der Waals surface area contributed by atoms with E-state index in [-0.39, 0.29) is 12.3 Å². The summed E-state index contributed by atoms with van der Waals surface area (Å²) in [7, 11) is -3.52. The molecule has 128 valence electrons. The molecule has 7 heteroatoms. The fraction of sp³-hybridized carbons (Fsp3) is 0.235. The minimum Gasteiger partial charge on any atom is -0.352 e. The molecule has 2 N–H and O–H groups in total. The van der Waals surface area contributed by atoms with E-state index in [4.69, 9.17) is 0 Å². The first-order valence-electron chi connectivity index (χ1n) is 7.37. The van der Waals surface area contributed by atoms with Gasteiger partial charge in [-0.15, -0.1) is 0 Å². The molecule has 0 spiro atoms. The van der Waals surface area contributed by atoms with Crippen LogP contribution in [0.2, 0.25) is 0 Å². The van der Waals surface area contributed by atoms with Gasteiger partial charge in [-0.3, -0.25) is 4.79 Å². The van der Waals surface area contributed by atoms with Crippen molar-refractivity contribution in [2.24, 2.45) is 0 Å². The Balaban J connectivity index is 2.04. The van der Waals surface area contributed by atoms with Crippen LogP contribution in [0.25, 0.3) is 0 Å². The van der Waals surface area contributed by atoms with E-state index in [1.807, 2.05) is 30.3 Å². The van der Waals surface area contributed by atoms with E-state index >= 15 is 0 Å². The molecule has 0 radical (unpaired) electrons. The normalized spacial score (nSPS) is 12.6. The lowest BCUT2D eigenvalue weighted by atomic mass is 10.0. The Hall–Kier alpha value is -2.25. The number of benzene rings is 2. The maximum Gasteiger partial charge on any atom is 0.222 e. The number of rotatable bonds is 7. The predicted molar refractivity (Wildman–Crippen MR) is 90.0 cm³/mol. The van der Waals surface area contributed by atoms with Gasteiger partial charge in [0.2, 0.25) is 15.9 Å². The average Bonchev–Trinajstić information content (AvgIpc) is 2.53. The summed E-state index contributed by atoms with van der Waals surface area (Å²) in [5.41, 5.74) is 1.47. The molecule has 0 unspecified atom stereocenters. The van der Waals surface area contributed by atoms with E-state index in [0.29, 0.717) is 12.1 Å². The fourth-order valence-electron chi connectivity index (χ4n) is 2.24. The minimum absolute atomic E-state index is 0.0778. The van der Waals surface area contributed by atoms with Crippen LogP contribution < -0.4 is 10.0 Å². The average molecular weight is 350 g/mol. The highest BCUT2D eigenvalue weighted by Crippen LogP contribution is 2.18. The Morgan fingerprint density at radius 1 is 1.08 bits per heavy atom. The van der Waals surface area contributed by atoms with Gasteiger partial charge in [0.15, 0.2) is 0 Å². The number of hydrogen-bond donors (Lipinski definition) is 2. The predicted octanol–water partition coefficient (Wildman–Crippen LogP) is 2.12. The number of sulfonamides is 1. The van der Waals surface area contributed by atoms with Crippen molar-refractivity contribution < 1.29 is 17.6 Å². The molecule has 1 atom stereocenters. The molecule has 0 aliphatic heterocycles. The molecule has 1 amide bonds. The van der Waals surface area contributed by atoms with Crippen LogP contribution in [0.5, 0.6) is 0 Å². The van der Waals surface area contributed by atoms with E-state index in [1.165, 1.54) is 24.3 Å². The van der Waals surface area contributed by atoms with Gasteiger partial charge in [-0.2, -0.15) is 0 Å². The largest absolute Gasteiger partial charge is 0.352 e. The molecule has 2 aromatic rings. The number of hydrogen-bond acceptors (Lipinski definition) is 3. The fourth-order valence-corrected chi connectivity index (χ4v) is 2.97. The summed E-state index contributed by atoms with van der Waals surface area (Å²) in [6.07, 6.45) is 0.941. The lowest BCUT2D eigenvalue weighted by Gasteiger charge is -2.18. The van der Waals surface area contributed by atoms with Gasteiger partial charge in [-0.25, -0.2) is 17.5 Å². The Kier molecular flexibility index (Phi) is 6.05. The van der Waals surface area contributed by atoms with Gasteiger partial charge in [0.25, 0.3) is 0 Å². The molecule has 0 aromatic heterocycles. The molecule has 0 fully saturated rings. The van der Waals surface area contributed by atoms with E-state index in [2.05, 4.69) is 10.0 Å². The van der Waals surface area contributed by atoms with Gasteiger partial charge in [-0.1, -0.05) is 42.5 Å². The number of nitrogens with one attached hydrogen (secondary N) is 2. The van der Waals surface area contributed by atoms with Crippen LogP contribution in [0, 0.1) is 5.82 Å². The zero-order valence-electron chi connectivity index (χ0n) is 13.2. The minimum atomic E-state index is -3.52. The van der Waals surface area contributed by atoms with Crippen LogP contribution in [-0.2, 0) is 21.4 Å². The van der Waals surface area contributed by atoms with Crippen LogP contribution in [0.3, 0.4) is 0 Å². The SMILES string of the molecule is CS(=O)(=O)N[C@H](CC(=O)NCc1ccccc1)c1ccc(F)cc1. The van der Waals surface area contributed by atoms with Crippen LogP contribution in [-0.4, -0.2) is 20.6 Å². The molecule has 0 bridgehead atoms. The first-order chi connectivity index (χ1) is 11.3. The van der Waals surface area contributed by atoms with Crippen molar-refractivity contribution in [3.05, 3.63) is 71.5 Å². The number of amides is 1. The van der Waals surface area contributed by atoms with Gasteiger partial charge in [0.05, 0.1) is 12.3 Å². The van der Waals surface area contributed by atoms with Crippen LogP contribution in [0.15, 0.2) is 54.6 Å². The van der Waals surface area contributed by atoms with Crippen molar-refractivity contribution in [3.8, 4) is 0 Å². The summed E-state index contributed by atoms with van der Waals surface area (Å²) in [5, 5.41) is 2.75. The second-order valence-corrected chi connectivity index (χ2v) is 7.24. The molecule has 0 aliphatic carbocycles. The monoisotopic (exact) mass is 350 g/mol. The van der Waals surface area contributed by atoms with Crippen molar-refractivity contribution in [3.63, 3.8) is 0 Å². The molecule has 2 aromatic carbocycles. The molecule has 0 aliphatic rings. The van der Waals surface area contributed by atoms with Gasteiger partial charge < -0.3 is 5.32 Å². The smallest absolute Gasteiger partial charge is 0.222 e. The second kappa shape index (κ2) is 8.03. The lowest BCUT2D eigenvalue weighted by Crippen LogP contribution is -2.33. The molecule has 0 heterocycles. The Labute approximate surface area is 141 Å². The molecular formula is C17H19FN2O3S. The Morgan fingerprint density at radius 2 is 1.71 bits per heavy atom. The molecule has 24 heavy (non-hydrogen) atoms. The van der Waals surface area contributed by atoms with Crippen molar-refractivity contribution >= 4 is 15.9 Å².